The predicted octanol–water partition coefficient (Wildman–Crippen LogP) is 5.10. The molecule has 0 fully saturated rings. The van der Waals surface area contributed by atoms with E-state index in [-0.39, 0.29) is 12.0 Å². The molecule has 3 heterocycles. The van der Waals surface area contributed by atoms with Gasteiger partial charge in [-0.25, -0.2) is 0 Å². The van der Waals surface area contributed by atoms with Crippen molar-refractivity contribution in [3.63, 3.8) is 0 Å². The Hall–Kier alpha value is -4.06. The topological polar surface area (TPSA) is 56.1 Å². The van der Waals surface area contributed by atoms with Crippen molar-refractivity contribution in [2.75, 3.05) is 19.2 Å². The molecule has 3 aromatic carbocycles. The summed E-state index contributed by atoms with van der Waals surface area (Å²) < 4.78 is 13.1. The zero-order chi connectivity index (χ0) is 23.4. The van der Waals surface area contributed by atoms with Gasteiger partial charge in [-0.2, -0.15) is 5.10 Å². The van der Waals surface area contributed by atoms with Crippen LogP contribution in [0.5, 0.6) is 5.75 Å². The molecule has 6 nitrogen and oxygen atoms in total. The van der Waals surface area contributed by atoms with Gasteiger partial charge in [-0.1, -0.05) is 48.5 Å². The number of aryl methyl sites for hydroxylation is 1. The van der Waals surface area contributed by atoms with E-state index in [2.05, 4.69) is 23.6 Å². The Kier molecular flexibility index (Phi) is 4.52. The van der Waals surface area contributed by atoms with E-state index in [1.165, 1.54) is 12.5 Å². The number of methoxy groups -OCH3 is 2. The van der Waals surface area contributed by atoms with Crippen molar-refractivity contribution in [3.05, 3.63) is 95.7 Å². The van der Waals surface area contributed by atoms with Crippen molar-refractivity contribution in [2.24, 2.45) is 10.5 Å². The molecule has 0 saturated carbocycles. The minimum absolute atomic E-state index is 0.280. The lowest BCUT2D eigenvalue weighted by molar-refractivity contribution is -0.149. The van der Waals surface area contributed by atoms with Gasteiger partial charge >= 0.3 is 5.97 Å². The average molecular weight is 452 g/mol. The van der Waals surface area contributed by atoms with Crippen LogP contribution in [0.1, 0.15) is 22.9 Å². The third-order valence-corrected chi connectivity index (χ3v) is 7.20. The van der Waals surface area contributed by atoms with E-state index in [9.17, 15) is 4.79 Å². The summed E-state index contributed by atoms with van der Waals surface area (Å²) in [6.07, 6.45) is 0. The second-order valence-electron chi connectivity index (χ2n) is 8.84. The van der Waals surface area contributed by atoms with Crippen molar-refractivity contribution in [3.8, 4) is 5.75 Å². The minimum atomic E-state index is -0.983. The fourth-order valence-electron chi connectivity index (χ4n) is 5.66. The SMILES string of the molecule is COC(=O)[C@@]12Cn3c(c(C)c4ccccc43)C1=NN(c1ccccc1)[C@@H]2c1ccc(OC)cc1. The number of benzene rings is 3. The second-order valence-corrected chi connectivity index (χ2v) is 8.84. The summed E-state index contributed by atoms with van der Waals surface area (Å²) in [5.74, 6) is 0.485. The second kappa shape index (κ2) is 7.48. The first-order valence-corrected chi connectivity index (χ1v) is 11.3. The zero-order valence-corrected chi connectivity index (χ0v) is 19.4. The van der Waals surface area contributed by atoms with Gasteiger partial charge in [-0.05, 0) is 48.4 Å². The first-order chi connectivity index (χ1) is 16.6. The molecule has 0 aliphatic carbocycles. The van der Waals surface area contributed by atoms with Gasteiger partial charge in [0.1, 0.15) is 17.5 Å². The lowest BCUT2D eigenvalue weighted by Gasteiger charge is -2.34. The first kappa shape index (κ1) is 20.5. The Balaban J connectivity index is 1.63. The Bertz CT molecular complexity index is 1440. The molecule has 6 heteroatoms. The van der Waals surface area contributed by atoms with Gasteiger partial charge in [-0.15, -0.1) is 0 Å². The monoisotopic (exact) mass is 451 g/mol. The van der Waals surface area contributed by atoms with Crippen LogP contribution in [-0.2, 0) is 16.1 Å². The third-order valence-electron chi connectivity index (χ3n) is 7.20. The molecule has 34 heavy (non-hydrogen) atoms. The van der Waals surface area contributed by atoms with Crippen LogP contribution in [0.4, 0.5) is 5.69 Å². The number of para-hydroxylation sites is 2. The fourth-order valence-corrected chi connectivity index (χ4v) is 5.66. The maximum Gasteiger partial charge on any atom is 0.322 e. The molecule has 1 aromatic heterocycles. The van der Waals surface area contributed by atoms with E-state index >= 15 is 0 Å². The molecule has 4 aromatic rings. The van der Waals surface area contributed by atoms with Crippen LogP contribution in [0.25, 0.3) is 10.9 Å². The molecular weight excluding hydrogens is 426 g/mol. The Labute approximate surface area is 198 Å². The van der Waals surface area contributed by atoms with Gasteiger partial charge < -0.3 is 14.0 Å². The predicted molar refractivity (Wildman–Crippen MR) is 132 cm³/mol. The zero-order valence-electron chi connectivity index (χ0n) is 19.4. The number of esters is 1. The number of hydrogen-bond donors (Lipinski definition) is 0. The Morgan fingerprint density at radius 1 is 0.971 bits per heavy atom. The molecule has 0 radical (unpaired) electrons. The largest absolute Gasteiger partial charge is 0.497 e. The smallest absolute Gasteiger partial charge is 0.322 e. The van der Waals surface area contributed by atoms with Crippen molar-refractivity contribution in [1.82, 2.24) is 4.57 Å². The van der Waals surface area contributed by atoms with Gasteiger partial charge in [0.05, 0.1) is 25.6 Å². The highest BCUT2D eigenvalue weighted by molar-refractivity contribution is 6.21. The highest BCUT2D eigenvalue weighted by Crippen LogP contribution is 2.55. The number of ether oxygens (including phenoxy) is 2. The number of carbonyl (C=O) groups is 1. The highest BCUT2D eigenvalue weighted by atomic mass is 16.5. The van der Waals surface area contributed by atoms with Crippen LogP contribution in [-0.4, -0.2) is 30.5 Å². The van der Waals surface area contributed by atoms with Gasteiger partial charge in [0.15, 0.2) is 5.41 Å². The van der Waals surface area contributed by atoms with Crippen molar-refractivity contribution >= 4 is 28.3 Å². The van der Waals surface area contributed by atoms with Gasteiger partial charge in [0.2, 0.25) is 0 Å². The molecule has 2 aliphatic heterocycles. The quantitative estimate of drug-likeness (QED) is 0.405. The maximum absolute atomic E-state index is 13.7. The van der Waals surface area contributed by atoms with Crippen LogP contribution in [0.2, 0.25) is 0 Å². The van der Waals surface area contributed by atoms with E-state index < -0.39 is 5.41 Å². The molecule has 2 atom stereocenters. The van der Waals surface area contributed by atoms with E-state index in [0.717, 1.165) is 39.5 Å². The molecule has 0 spiro atoms. The summed E-state index contributed by atoms with van der Waals surface area (Å²) in [4.78, 5) is 13.7. The molecule has 2 aliphatic rings. The molecule has 6 rings (SSSR count). The van der Waals surface area contributed by atoms with Gasteiger partial charge in [-0.3, -0.25) is 9.80 Å². The molecule has 0 amide bonds. The lowest BCUT2D eigenvalue weighted by atomic mass is 9.74. The summed E-state index contributed by atoms with van der Waals surface area (Å²) in [6.45, 7) is 2.57. The lowest BCUT2D eigenvalue weighted by Crippen LogP contribution is -2.44. The number of hydrogen-bond acceptors (Lipinski definition) is 5. The normalized spacial score (nSPS) is 20.7. The average Bonchev–Trinajstić information content (AvgIpc) is 3.49. The molecule has 0 bridgehead atoms. The molecule has 170 valence electrons. The number of aromatic nitrogens is 1. The van der Waals surface area contributed by atoms with E-state index in [1.54, 1.807) is 7.11 Å². The van der Waals surface area contributed by atoms with Crippen LogP contribution in [0.15, 0.2) is 84.0 Å². The van der Waals surface area contributed by atoms with E-state index in [4.69, 9.17) is 14.6 Å². The van der Waals surface area contributed by atoms with E-state index in [1.807, 2.05) is 71.7 Å². The summed E-state index contributed by atoms with van der Waals surface area (Å²) in [5, 5.41) is 8.32. The Morgan fingerprint density at radius 3 is 2.38 bits per heavy atom. The number of nitrogens with zero attached hydrogens (tertiary/aromatic N) is 3. The first-order valence-electron chi connectivity index (χ1n) is 11.3. The van der Waals surface area contributed by atoms with Crippen LogP contribution in [0.3, 0.4) is 0 Å². The highest BCUT2D eigenvalue weighted by Gasteiger charge is 2.63. The number of anilines is 1. The van der Waals surface area contributed by atoms with Crippen molar-refractivity contribution in [1.29, 1.82) is 0 Å². The van der Waals surface area contributed by atoms with Crippen LogP contribution < -0.4 is 9.75 Å². The summed E-state index contributed by atoms with van der Waals surface area (Å²) in [7, 11) is 3.11. The Morgan fingerprint density at radius 2 is 1.68 bits per heavy atom. The summed E-state index contributed by atoms with van der Waals surface area (Å²) in [6, 6.07) is 25.8. The van der Waals surface area contributed by atoms with Gasteiger partial charge in [0, 0.05) is 17.4 Å². The molecule has 0 saturated heterocycles. The van der Waals surface area contributed by atoms with Crippen molar-refractivity contribution < 1.29 is 14.3 Å². The number of carbonyl (C=O) groups excluding carboxylic acids is 1. The van der Waals surface area contributed by atoms with Crippen LogP contribution in [0, 0.1) is 12.3 Å². The van der Waals surface area contributed by atoms with Crippen molar-refractivity contribution in [2.45, 2.75) is 19.5 Å². The molecule has 0 unspecified atom stereocenters. The van der Waals surface area contributed by atoms with Crippen LogP contribution >= 0.6 is 0 Å². The fraction of sp³-hybridized carbons (Fsp3) is 0.214. The summed E-state index contributed by atoms with van der Waals surface area (Å²) >= 11 is 0. The molecule has 0 N–H and O–H groups in total. The van der Waals surface area contributed by atoms with E-state index in [0.29, 0.717) is 6.54 Å². The standard InChI is InChI=1S/C28H25N3O3/c1-18-22-11-7-8-12-23(22)30-17-28(27(32)34-3)25(24(18)30)29-31(20-9-5-4-6-10-20)26(28)19-13-15-21(33-2)16-14-19/h4-16,26H,17H2,1-3H3/t26-,28+/m1/s1. The molecular formula is C28H25N3O3. The number of rotatable bonds is 4. The maximum atomic E-state index is 13.7. The number of fused-ring (bicyclic) bond motifs is 5. The summed E-state index contributed by atoms with van der Waals surface area (Å²) in [5.41, 5.74) is 4.92. The van der Waals surface area contributed by atoms with Gasteiger partial charge in [0.25, 0.3) is 0 Å². The minimum Gasteiger partial charge on any atom is -0.497 e. The number of hydrazone groups is 1. The third kappa shape index (κ3) is 2.62.